The average Bonchev–Trinajstić information content (AvgIpc) is 2.47. The van der Waals surface area contributed by atoms with Crippen LogP contribution in [0.2, 0.25) is 0 Å². The van der Waals surface area contributed by atoms with E-state index in [1.807, 2.05) is 38.1 Å². The molecule has 22 heavy (non-hydrogen) atoms. The van der Waals surface area contributed by atoms with Crippen LogP contribution in [0.4, 0.5) is 17.5 Å². The molecule has 2 aromatic rings. The zero-order valence-corrected chi connectivity index (χ0v) is 12.3. The number of anilines is 2. The molecule has 0 bridgehead atoms. The highest BCUT2D eigenvalue weighted by molar-refractivity contribution is 5.53. The lowest BCUT2D eigenvalue weighted by atomic mass is 10.1. The number of hydrogen-bond acceptors (Lipinski definition) is 7. The smallest absolute Gasteiger partial charge is 0.329 e. The van der Waals surface area contributed by atoms with Gasteiger partial charge in [-0.1, -0.05) is 12.1 Å². The fourth-order valence-electron chi connectivity index (χ4n) is 1.92. The first-order chi connectivity index (χ1) is 10.5. The van der Waals surface area contributed by atoms with Gasteiger partial charge in [-0.15, -0.1) is 0 Å². The fourth-order valence-corrected chi connectivity index (χ4v) is 1.92. The van der Waals surface area contributed by atoms with Crippen LogP contribution >= 0.6 is 0 Å². The van der Waals surface area contributed by atoms with E-state index in [0.29, 0.717) is 6.61 Å². The molecule has 0 aliphatic rings. The van der Waals surface area contributed by atoms with Crippen LogP contribution in [0, 0.1) is 10.1 Å². The van der Waals surface area contributed by atoms with Crippen molar-refractivity contribution in [3.63, 3.8) is 0 Å². The molecule has 1 aromatic heterocycles. The third-order valence-electron chi connectivity index (χ3n) is 3.01. The lowest BCUT2D eigenvalue weighted by Crippen LogP contribution is -2.11. The zero-order chi connectivity index (χ0) is 16.1. The molecule has 0 saturated heterocycles. The highest BCUT2D eigenvalue weighted by Gasteiger charge is 2.15. The van der Waals surface area contributed by atoms with Gasteiger partial charge in [-0.2, -0.15) is 4.98 Å². The predicted octanol–water partition coefficient (Wildman–Crippen LogP) is 2.54. The average molecular weight is 303 g/mol. The second-order valence-electron chi connectivity index (χ2n) is 4.59. The van der Waals surface area contributed by atoms with Crippen LogP contribution in [0.1, 0.15) is 25.5 Å². The first-order valence-corrected chi connectivity index (χ1v) is 6.77. The lowest BCUT2D eigenvalue weighted by molar-refractivity contribution is -0.384. The van der Waals surface area contributed by atoms with Gasteiger partial charge in [-0.05, 0) is 31.5 Å². The number of ether oxygens (including phenoxy) is 1. The summed E-state index contributed by atoms with van der Waals surface area (Å²) in [7, 11) is 0. The van der Waals surface area contributed by atoms with Gasteiger partial charge in [0.25, 0.3) is 0 Å². The molecule has 116 valence electrons. The minimum atomic E-state index is -0.617. The standard InChI is InChI=1S/C14H17N5O3/c1-3-22-11-6-4-5-10(7-11)9(2)17-14-16-8-12(19(20)21)13(15)18-14/h4-9H,3H2,1-2H3,(H3,15,16,17,18). The highest BCUT2D eigenvalue weighted by atomic mass is 16.6. The molecule has 0 aliphatic heterocycles. The predicted molar refractivity (Wildman–Crippen MR) is 82.7 cm³/mol. The molecule has 1 heterocycles. The highest BCUT2D eigenvalue weighted by Crippen LogP contribution is 2.23. The van der Waals surface area contributed by atoms with E-state index in [1.165, 1.54) is 0 Å². The van der Waals surface area contributed by atoms with E-state index in [4.69, 9.17) is 10.5 Å². The maximum atomic E-state index is 10.7. The molecule has 1 aromatic carbocycles. The van der Waals surface area contributed by atoms with Gasteiger partial charge in [-0.3, -0.25) is 10.1 Å². The molecule has 1 unspecified atom stereocenters. The Hall–Kier alpha value is -2.90. The Labute approximate surface area is 127 Å². The second kappa shape index (κ2) is 6.70. The minimum absolute atomic E-state index is 0.110. The molecule has 0 radical (unpaired) electrons. The first-order valence-electron chi connectivity index (χ1n) is 6.77. The Morgan fingerprint density at radius 2 is 2.27 bits per heavy atom. The normalized spacial score (nSPS) is 11.7. The summed E-state index contributed by atoms with van der Waals surface area (Å²) in [4.78, 5) is 17.9. The van der Waals surface area contributed by atoms with Crippen molar-refractivity contribution < 1.29 is 9.66 Å². The molecular formula is C14H17N5O3. The third kappa shape index (κ3) is 3.60. The number of rotatable bonds is 6. The van der Waals surface area contributed by atoms with Crippen molar-refractivity contribution in [1.29, 1.82) is 0 Å². The van der Waals surface area contributed by atoms with Gasteiger partial charge < -0.3 is 15.8 Å². The van der Waals surface area contributed by atoms with E-state index in [-0.39, 0.29) is 23.5 Å². The van der Waals surface area contributed by atoms with Crippen LogP contribution in [-0.4, -0.2) is 21.5 Å². The van der Waals surface area contributed by atoms with Crippen molar-refractivity contribution in [3.8, 4) is 5.75 Å². The number of benzene rings is 1. The van der Waals surface area contributed by atoms with Crippen molar-refractivity contribution >= 4 is 17.5 Å². The number of nitrogen functional groups attached to an aromatic ring is 1. The summed E-state index contributed by atoms with van der Waals surface area (Å²) in [6.45, 7) is 4.43. The second-order valence-corrected chi connectivity index (χ2v) is 4.59. The Bertz CT molecular complexity index is 677. The van der Waals surface area contributed by atoms with E-state index in [2.05, 4.69) is 15.3 Å². The number of nitrogens with one attached hydrogen (secondary N) is 1. The number of hydrogen-bond donors (Lipinski definition) is 2. The molecule has 0 spiro atoms. The number of nitrogens with zero attached hydrogens (tertiary/aromatic N) is 3. The van der Waals surface area contributed by atoms with Crippen molar-refractivity contribution in [2.24, 2.45) is 0 Å². The van der Waals surface area contributed by atoms with Gasteiger partial charge in [-0.25, -0.2) is 4.98 Å². The third-order valence-corrected chi connectivity index (χ3v) is 3.01. The number of aromatic nitrogens is 2. The maximum Gasteiger partial charge on any atom is 0.329 e. The van der Waals surface area contributed by atoms with E-state index in [9.17, 15) is 10.1 Å². The molecule has 0 saturated carbocycles. The van der Waals surface area contributed by atoms with Crippen molar-refractivity contribution in [2.75, 3.05) is 17.7 Å². The summed E-state index contributed by atoms with van der Waals surface area (Å²) in [6, 6.07) is 7.51. The summed E-state index contributed by atoms with van der Waals surface area (Å²) < 4.78 is 5.45. The molecule has 2 rings (SSSR count). The summed E-state index contributed by atoms with van der Waals surface area (Å²) in [5.41, 5.74) is 6.22. The summed E-state index contributed by atoms with van der Waals surface area (Å²) >= 11 is 0. The molecule has 8 heteroatoms. The van der Waals surface area contributed by atoms with Gasteiger partial charge in [0, 0.05) is 0 Å². The van der Waals surface area contributed by atoms with E-state index >= 15 is 0 Å². The fraction of sp³-hybridized carbons (Fsp3) is 0.286. The van der Waals surface area contributed by atoms with Crippen LogP contribution in [0.3, 0.4) is 0 Å². The Morgan fingerprint density at radius 3 is 2.91 bits per heavy atom. The van der Waals surface area contributed by atoms with Crippen molar-refractivity contribution in [2.45, 2.75) is 19.9 Å². The first kappa shape index (κ1) is 15.5. The van der Waals surface area contributed by atoms with Crippen LogP contribution in [0.15, 0.2) is 30.5 Å². The summed E-state index contributed by atoms with van der Waals surface area (Å²) in [5, 5.41) is 13.7. The Balaban J connectivity index is 2.14. The van der Waals surface area contributed by atoms with Gasteiger partial charge in [0.15, 0.2) is 0 Å². The molecule has 1 atom stereocenters. The molecule has 3 N–H and O–H groups in total. The summed E-state index contributed by atoms with van der Waals surface area (Å²) in [5.74, 6) is 0.841. The Morgan fingerprint density at radius 1 is 1.50 bits per heavy atom. The van der Waals surface area contributed by atoms with Crippen molar-refractivity contribution in [1.82, 2.24) is 9.97 Å². The lowest BCUT2D eigenvalue weighted by Gasteiger charge is -2.15. The molecule has 8 nitrogen and oxygen atoms in total. The maximum absolute atomic E-state index is 10.7. The van der Waals surface area contributed by atoms with E-state index in [1.54, 1.807) is 0 Å². The topological polar surface area (TPSA) is 116 Å². The summed E-state index contributed by atoms with van der Waals surface area (Å²) in [6.07, 6.45) is 1.09. The zero-order valence-electron chi connectivity index (χ0n) is 12.3. The van der Waals surface area contributed by atoms with Crippen LogP contribution in [0.25, 0.3) is 0 Å². The number of nitrogens with two attached hydrogens (primary N) is 1. The van der Waals surface area contributed by atoms with E-state index < -0.39 is 4.92 Å². The van der Waals surface area contributed by atoms with Crippen LogP contribution in [-0.2, 0) is 0 Å². The van der Waals surface area contributed by atoms with E-state index in [0.717, 1.165) is 17.5 Å². The monoisotopic (exact) mass is 303 g/mol. The molecule has 0 fully saturated rings. The van der Waals surface area contributed by atoms with Gasteiger partial charge in [0.1, 0.15) is 11.9 Å². The molecule has 0 aliphatic carbocycles. The Kier molecular flexibility index (Phi) is 4.72. The van der Waals surface area contributed by atoms with Crippen molar-refractivity contribution in [3.05, 3.63) is 46.1 Å². The van der Waals surface area contributed by atoms with Crippen LogP contribution < -0.4 is 15.8 Å². The van der Waals surface area contributed by atoms with Crippen LogP contribution in [0.5, 0.6) is 5.75 Å². The SMILES string of the molecule is CCOc1cccc(C(C)Nc2ncc([N+](=O)[O-])c(N)n2)c1. The van der Waals surface area contributed by atoms with Gasteiger partial charge in [0.2, 0.25) is 11.8 Å². The minimum Gasteiger partial charge on any atom is -0.494 e. The largest absolute Gasteiger partial charge is 0.494 e. The van der Waals surface area contributed by atoms with Gasteiger partial charge in [0.05, 0.1) is 17.6 Å². The quantitative estimate of drug-likeness (QED) is 0.622. The molecule has 0 amide bonds. The van der Waals surface area contributed by atoms with Gasteiger partial charge >= 0.3 is 5.69 Å². The molecular weight excluding hydrogens is 286 g/mol. The number of nitro groups is 1.